The quantitative estimate of drug-likeness (QED) is 0.928. The molecule has 2 aromatic rings. The smallest absolute Gasteiger partial charge is 0.294 e. The molecule has 0 unspecified atom stereocenters. The van der Waals surface area contributed by atoms with Crippen molar-refractivity contribution in [1.82, 2.24) is 9.36 Å². The van der Waals surface area contributed by atoms with Crippen LogP contribution in [0.25, 0.3) is 5.69 Å². The Balaban J connectivity index is 2.77. The molecule has 2 N–H and O–H groups in total. The Morgan fingerprint density at radius 3 is 2.60 bits per heavy atom. The third kappa shape index (κ3) is 2.25. The fourth-order valence-corrected chi connectivity index (χ4v) is 2.42. The number of benzene rings is 1. The zero-order valence-electron chi connectivity index (χ0n) is 12.4. The summed E-state index contributed by atoms with van der Waals surface area (Å²) in [4.78, 5) is 12.5. The molecule has 0 radical (unpaired) electrons. The summed E-state index contributed by atoms with van der Waals surface area (Å²) in [5, 5.41) is 0. The van der Waals surface area contributed by atoms with Gasteiger partial charge >= 0.3 is 0 Å². The highest BCUT2D eigenvalue weighted by atomic mass is 16.5. The van der Waals surface area contributed by atoms with Gasteiger partial charge in [0.15, 0.2) is 0 Å². The minimum Gasteiger partial charge on any atom is -0.393 e. The fourth-order valence-electron chi connectivity index (χ4n) is 2.42. The first-order chi connectivity index (χ1) is 9.51. The SMILES string of the molecule is CCn1c(COC)c(N)c(=O)n1-c1cc(C)ccc1C. The molecule has 0 bridgehead atoms. The minimum atomic E-state index is -0.187. The van der Waals surface area contributed by atoms with Crippen LogP contribution in [0.2, 0.25) is 0 Å². The van der Waals surface area contributed by atoms with Gasteiger partial charge in [-0.15, -0.1) is 0 Å². The van der Waals surface area contributed by atoms with Crippen molar-refractivity contribution in [2.75, 3.05) is 12.8 Å². The third-order valence-corrected chi connectivity index (χ3v) is 3.46. The zero-order chi connectivity index (χ0) is 14.9. The van der Waals surface area contributed by atoms with E-state index < -0.39 is 0 Å². The molecule has 2 rings (SSSR count). The summed E-state index contributed by atoms with van der Waals surface area (Å²) in [5.41, 5.74) is 9.76. The number of anilines is 1. The number of rotatable bonds is 4. The fraction of sp³-hybridized carbons (Fsp3) is 0.400. The molecule has 5 heteroatoms. The first-order valence-corrected chi connectivity index (χ1v) is 6.68. The van der Waals surface area contributed by atoms with Gasteiger partial charge < -0.3 is 10.5 Å². The van der Waals surface area contributed by atoms with Gasteiger partial charge in [0.1, 0.15) is 5.69 Å². The average molecular weight is 275 g/mol. The van der Waals surface area contributed by atoms with E-state index in [2.05, 4.69) is 0 Å². The Morgan fingerprint density at radius 1 is 1.30 bits per heavy atom. The second-order valence-corrected chi connectivity index (χ2v) is 4.92. The lowest BCUT2D eigenvalue weighted by atomic mass is 10.1. The molecule has 0 fully saturated rings. The largest absolute Gasteiger partial charge is 0.393 e. The van der Waals surface area contributed by atoms with Crippen molar-refractivity contribution in [1.29, 1.82) is 0 Å². The summed E-state index contributed by atoms with van der Waals surface area (Å²) in [6.45, 7) is 6.96. The first kappa shape index (κ1) is 14.4. The van der Waals surface area contributed by atoms with E-state index in [1.807, 2.05) is 43.7 Å². The van der Waals surface area contributed by atoms with Gasteiger partial charge in [-0.1, -0.05) is 12.1 Å². The summed E-state index contributed by atoms with van der Waals surface area (Å²) >= 11 is 0. The van der Waals surface area contributed by atoms with Crippen molar-refractivity contribution in [3.8, 4) is 5.69 Å². The lowest BCUT2D eigenvalue weighted by molar-refractivity contribution is 0.176. The second-order valence-electron chi connectivity index (χ2n) is 4.92. The molecular weight excluding hydrogens is 254 g/mol. The topological polar surface area (TPSA) is 62.2 Å². The maximum Gasteiger partial charge on any atom is 0.294 e. The Bertz CT molecular complexity index is 683. The van der Waals surface area contributed by atoms with Crippen LogP contribution in [0.4, 0.5) is 5.69 Å². The Morgan fingerprint density at radius 2 is 2.00 bits per heavy atom. The summed E-state index contributed by atoms with van der Waals surface area (Å²) in [6, 6.07) is 6.04. The van der Waals surface area contributed by atoms with Gasteiger partial charge in [0.2, 0.25) is 0 Å². The van der Waals surface area contributed by atoms with Crippen LogP contribution in [0.1, 0.15) is 23.7 Å². The van der Waals surface area contributed by atoms with Crippen molar-refractivity contribution in [2.24, 2.45) is 0 Å². The predicted molar refractivity (Wildman–Crippen MR) is 80.3 cm³/mol. The molecule has 0 aliphatic heterocycles. The maximum atomic E-state index is 12.5. The lowest BCUT2D eigenvalue weighted by Crippen LogP contribution is -2.23. The molecule has 0 amide bonds. The number of nitrogens with zero attached hydrogens (tertiary/aromatic N) is 2. The van der Waals surface area contributed by atoms with Crippen molar-refractivity contribution in [3.05, 3.63) is 45.4 Å². The van der Waals surface area contributed by atoms with E-state index in [-0.39, 0.29) is 11.2 Å². The highest BCUT2D eigenvalue weighted by Crippen LogP contribution is 2.18. The van der Waals surface area contributed by atoms with Crippen molar-refractivity contribution >= 4 is 5.69 Å². The highest BCUT2D eigenvalue weighted by molar-refractivity contribution is 5.48. The molecule has 0 atom stereocenters. The minimum absolute atomic E-state index is 0.187. The monoisotopic (exact) mass is 275 g/mol. The molecule has 5 nitrogen and oxygen atoms in total. The van der Waals surface area contributed by atoms with Crippen molar-refractivity contribution < 1.29 is 4.74 Å². The Kier molecular flexibility index (Phi) is 3.99. The van der Waals surface area contributed by atoms with E-state index in [0.29, 0.717) is 13.2 Å². The standard InChI is InChI=1S/C15H21N3O2/c1-5-17-13(9-20-4)14(16)15(19)18(17)12-8-10(2)6-7-11(12)3/h6-8H,5,9,16H2,1-4H3. The van der Waals surface area contributed by atoms with Crippen molar-refractivity contribution in [2.45, 2.75) is 33.9 Å². The molecular formula is C15H21N3O2. The van der Waals surface area contributed by atoms with Gasteiger partial charge in [-0.3, -0.25) is 9.48 Å². The number of hydrogen-bond acceptors (Lipinski definition) is 3. The number of aromatic nitrogens is 2. The summed E-state index contributed by atoms with van der Waals surface area (Å²) in [6.07, 6.45) is 0. The van der Waals surface area contributed by atoms with Crippen LogP contribution in [0.5, 0.6) is 0 Å². The summed E-state index contributed by atoms with van der Waals surface area (Å²) in [7, 11) is 1.60. The molecule has 0 aliphatic carbocycles. The van der Waals surface area contributed by atoms with Gasteiger partial charge in [0.25, 0.3) is 5.56 Å². The molecule has 0 saturated heterocycles. The predicted octanol–water partition coefficient (Wildman–Crippen LogP) is 2.00. The van der Waals surface area contributed by atoms with Crippen molar-refractivity contribution in [3.63, 3.8) is 0 Å². The van der Waals surface area contributed by atoms with E-state index >= 15 is 0 Å². The average Bonchev–Trinajstić information content (AvgIpc) is 2.66. The molecule has 0 aliphatic rings. The van der Waals surface area contributed by atoms with Gasteiger partial charge in [0.05, 0.1) is 18.0 Å². The van der Waals surface area contributed by atoms with Crippen LogP contribution in [-0.4, -0.2) is 16.5 Å². The number of ether oxygens (including phenoxy) is 1. The molecule has 1 aromatic carbocycles. The Labute approximate surface area is 118 Å². The maximum absolute atomic E-state index is 12.5. The molecule has 1 aromatic heterocycles. The molecule has 1 heterocycles. The van der Waals surface area contributed by atoms with Crippen LogP contribution in [-0.2, 0) is 17.9 Å². The van der Waals surface area contributed by atoms with Gasteiger partial charge in [-0.05, 0) is 38.0 Å². The number of hydrogen-bond donors (Lipinski definition) is 1. The van der Waals surface area contributed by atoms with E-state index in [9.17, 15) is 4.79 Å². The number of nitrogen functional groups attached to an aromatic ring is 1. The molecule has 0 spiro atoms. The molecule has 0 saturated carbocycles. The van der Waals surface area contributed by atoms with Crippen LogP contribution in [0.3, 0.4) is 0 Å². The summed E-state index contributed by atoms with van der Waals surface area (Å²) < 4.78 is 8.68. The second kappa shape index (κ2) is 5.54. The summed E-state index contributed by atoms with van der Waals surface area (Å²) in [5.74, 6) is 0. The van der Waals surface area contributed by atoms with Gasteiger partial charge in [-0.2, -0.15) is 0 Å². The number of nitrogens with two attached hydrogens (primary N) is 1. The third-order valence-electron chi connectivity index (χ3n) is 3.46. The van der Waals surface area contributed by atoms with Crippen LogP contribution in [0.15, 0.2) is 23.0 Å². The van der Waals surface area contributed by atoms with Crippen LogP contribution < -0.4 is 11.3 Å². The number of aryl methyl sites for hydroxylation is 2. The highest BCUT2D eigenvalue weighted by Gasteiger charge is 2.18. The molecule has 20 heavy (non-hydrogen) atoms. The van der Waals surface area contributed by atoms with E-state index in [0.717, 1.165) is 22.5 Å². The Hall–Kier alpha value is -2.01. The molecule has 108 valence electrons. The first-order valence-electron chi connectivity index (χ1n) is 6.68. The number of methoxy groups -OCH3 is 1. The lowest BCUT2D eigenvalue weighted by Gasteiger charge is -2.15. The van der Waals surface area contributed by atoms with E-state index in [1.165, 1.54) is 0 Å². The zero-order valence-corrected chi connectivity index (χ0v) is 12.4. The van der Waals surface area contributed by atoms with Crippen LogP contribution in [0, 0.1) is 13.8 Å². The van der Waals surface area contributed by atoms with E-state index in [4.69, 9.17) is 10.5 Å². The van der Waals surface area contributed by atoms with Crippen LogP contribution >= 0.6 is 0 Å². The normalized spacial score (nSPS) is 11.0. The van der Waals surface area contributed by atoms with Gasteiger partial charge in [0, 0.05) is 13.7 Å². The van der Waals surface area contributed by atoms with Gasteiger partial charge in [-0.25, -0.2) is 4.68 Å². The van der Waals surface area contributed by atoms with E-state index in [1.54, 1.807) is 11.8 Å².